The van der Waals surface area contributed by atoms with Gasteiger partial charge in [-0.15, -0.1) is 0 Å². The molecule has 1 atom stereocenters. The van der Waals surface area contributed by atoms with Crippen LogP contribution in [0.25, 0.3) is 0 Å². The number of amides is 2. The average molecular weight is 645 g/mol. The molecule has 0 spiro atoms. The second kappa shape index (κ2) is 14.6. The molecule has 3 aromatic rings. The highest BCUT2D eigenvalue weighted by molar-refractivity contribution is 7.92. The van der Waals surface area contributed by atoms with E-state index in [4.69, 9.17) is 23.2 Å². The molecule has 0 aliphatic heterocycles. The zero-order chi connectivity index (χ0) is 31.1. The van der Waals surface area contributed by atoms with Crippen LogP contribution >= 0.6 is 23.2 Å². The molecular weight excluding hydrogens is 605 g/mol. The van der Waals surface area contributed by atoms with Crippen LogP contribution < -0.4 is 9.62 Å². The van der Waals surface area contributed by atoms with E-state index in [0.29, 0.717) is 27.7 Å². The molecule has 1 unspecified atom stereocenters. The number of nitrogens with zero attached hydrogens (tertiary/aromatic N) is 2. The lowest BCUT2D eigenvalue weighted by molar-refractivity contribution is -0.140. The number of aryl methyl sites for hydroxylation is 2. The van der Waals surface area contributed by atoms with Gasteiger partial charge in [-0.3, -0.25) is 13.9 Å². The molecule has 0 aromatic heterocycles. The van der Waals surface area contributed by atoms with Crippen molar-refractivity contribution in [2.24, 2.45) is 0 Å². The summed E-state index contributed by atoms with van der Waals surface area (Å²) >= 11 is 13.0. The quantitative estimate of drug-likeness (QED) is 0.242. The van der Waals surface area contributed by atoms with Crippen LogP contribution in [0.1, 0.15) is 62.1 Å². The van der Waals surface area contributed by atoms with Crippen LogP contribution in [-0.4, -0.2) is 43.8 Å². The SMILES string of the molecule is CCC(C(=O)NC1CCCCC1)N(Cc1c(Cl)cccc1Cl)C(=O)CN(c1ccc(C)c(C)c1)S(=O)(=O)c1ccccc1. The molecule has 0 radical (unpaired) electrons. The zero-order valence-corrected chi connectivity index (χ0v) is 27.2. The number of halogens is 2. The molecule has 3 aromatic carbocycles. The lowest BCUT2D eigenvalue weighted by Gasteiger charge is -2.35. The summed E-state index contributed by atoms with van der Waals surface area (Å²) in [5.74, 6) is -0.811. The Morgan fingerprint density at radius 3 is 2.16 bits per heavy atom. The molecule has 1 fully saturated rings. The Morgan fingerprint density at radius 1 is 0.907 bits per heavy atom. The third-order valence-corrected chi connectivity index (χ3v) is 10.6. The van der Waals surface area contributed by atoms with Gasteiger partial charge in [0.15, 0.2) is 0 Å². The maximum Gasteiger partial charge on any atom is 0.264 e. The summed E-state index contributed by atoms with van der Waals surface area (Å²) in [4.78, 5) is 29.5. The number of carbonyl (C=O) groups excluding carboxylic acids is 2. The first-order valence-corrected chi connectivity index (χ1v) is 16.9. The highest BCUT2D eigenvalue weighted by Crippen LogP contribution is 2.30. The fourth-order valence-electron chi connectivity index (χ4n) is 5.45. The third kappa shape index (κ3) is 7.91. The van der Waals surface area contributed by atoms with E-state index in [1.54, 1.807) is 48.5 Å². The van der Waals surface area contributed by atoms with E-state index in [2.05, 4.69) is 5.32 Å². The fraction of sp³-hybridized carbons (Fsp3) is 0.394. The molecule has 4 rings (SSSR count). The third-order valence-electron chi connectivity index (χ3n) is 8.12. The lowest BCUT2D eigenvalue weighted by Crippen LogP contribution is -2.54. The van der Waals surface area contributed by atoms with E-state index in [1.807, 2.05) is 26.8 Å². The minimum absolute atomic E-state index is 0.0432. The summed E-state index contributed by atoms with van der Waals surface area (Å²) < 4.78 is 29.2. The van der Waals surface area contributed by atoms with Crippen molar-refractivity contribution in [3.63, 3.8) is 0 Å². The Balaban J connectivity index is 1.75. The number of anilines is 1. The predicted octanol–water partition coefficient (Wildman–Crippen LogP) is 7.06. The van der Waals surface area contributed by atoms with E-state index < -0.39 is 28.5 Å². The first kappa shape index (κ1) is 32.8. The second-order valence-electron chi connectivity index (χ2n) is 11.1. The van der Waals surface area contributed by atoms with Crippen molar-refractivity contribution < 1.29 is 18.0 Å². The molecule has 1 aliphatic carbocycles. The molecule has 0 bridgehead atoms. The number of hydrogen-bond acceptors (Lipinski definition) is 4. The summed E-state index contributed by atoms with van der Waals surface area (Å²) in [6, 6.07) is 17.5. The van der Waals surface area contributed by atoms with Gasteiger partial charge in [0.2, 0.25) is 11.8 Å². The van der Waals surface area contributed by atoms with Crippen molar-refractivity contribution in [1.82, 2.24) is 10.2 Å². The van der Waals surface area contributed by atoms with Gasteiger partial charge >= 0.3 is 0 Å². The number of nitrogens with one attached hydrogen (secondary N) is 1. The number of hydrogen-bond donors (Lipinski definition) is 1. The van der Waals surface area contributed by atoms with Gasteiger partial charge < -0.3 is 10.2 Å². The second-order valence-corrected chi connectivity index (χ2v) is 13.8. The van der Waals surface area contributed by atoms with Crippen LogP contribution in [-0.2, 0) is 26.2 Å². The molecule has 7 nitrogen and oxygen atoms in total. The highest BCUT2D eigenvalue weighted by Gasteiger charge is 2.35. The Morgan fingerprint density at radius 2 is 1.56 bits per heavy atom. The summed E-state index contributed by atoms with van der Waals surface area (Å²) in [6.45, 7) is 5.09. The van der Waals surface area contributed by atoms with E-state index in [9.17, 15) is 18.0 Å². The summed E-state index contributed by atoms with van der Waals surface area (Å²) in [7, 11) is -4.14. The number of benzene rings is 3. The fourth-order valence-corrected chi connectivity index (χ4v) is 7.39. The average Bonchev–Trinajstić information content (AvgIpc) is 2.99. The largest absolute Gasteiger partial charge is 0.352 e. The smallest absolute Gasteiger partial charge is 0.264 e. The van der Waals surface area contributed by atoms with Crippen LogP contribution in [0, 0.1) is 13.8 Å². The maximum absolute atomic E-state index is 14.3. The van der Waals surface area contributed by atoms with Crippen molar-refractivity contribution >= 4 is 50.7 Å². The van der Waals surface area contributed by atoms with Crippen molar-refractivity contribution in [1.29, 1.82) is 0 Å². The molecule has 2 amide bonds. The minimum atomic E-state index is -4.14. The standard InChI is InChI=1S/C33H39Cl2N3O4S/c1-4-31(33(40)36-25-12-7-5-8-13-25)37(21-28-29(34)16-11-17-30(28)35)32(39)22-38(26-19-18-23(2)24(3)20-26)43(41,42)27-14-9-6-10-15-27/h6,9-11,14-20,25,31H,4-5,7-8,12-13,21-22H2,1-3H3,(H,36,40). The lowest BCUT2D eigenvalue weighted by atomic mass is 9.95. The molecular formula is C33H39Cl2N3O4S. The number of carbonyl (C=O) groups is 2. The van der Waals surface area contributed by atoms with Gasteiger partial charge in [-0.25, -0.2) is 8.42 Å². The molecule has 1 N–H and O–H groups in total. The van der Waals surface area contributed by atoms with Gasteiger partial charge in [-0.2, -0.15) is 0 Å². The van der Waals surface area contributed by atoms with Crippen LogP contribution in [0.3, 0.4) is 0 Å². The monoisotopic (exact) mass is 643 g/mol. The molecule has 1 saturated carbocycles. The molecule has 10 heteroatoms. The van der Waals surface area contributed by atoms with Gasteiger partial charge in [-0.05, 0) is 80.6 Å². The molecule has 0 heterocycles. The Labute approximate surface area is 265 Å². The van der Waals surface area contributed by atoms with Gasteiger partial charge in [0.1, 0.15) is 12.6 Å². The van der Waals surface area contributed by atoms with E-state index >= 15 is 0 Å². The van der Waals surface area contributed by atoms with Gasteiger partial charge in [0, 0.05) is 28.2 Å². The number of sulfonamides is 1. The van der Waals surface area contributed by atoms with E-state index in [0.717, 1.165) is 47.5 Å². The topological polar surface area (TPSA) is 86.8 Å². The van der Waals surface area contributed by atoms with Crippen LogP contribution in [0.5, 0.6) is 0 Å². The summed E-state index contributed by atoms with van der Waals surface area (Å²) in [6.07, 6.45) is 5.33. The molecule has 1 aliphatic rings. The normalized spacial score (nSPS) is 14.6. The predicted molar refractivity (Wildman–Crippen MR) is 173 cm³/mol. The van der Waals surface area contributed by atoms with Crippen LogP contribution in [0.15, 0.2) is 71.6 Å². The Hall–Kier alpha value is -3.07. The van der Waals surface area contributed by atoms with Gasteiger partial charge in [0.05, 0.1) is 10.6 Å². The van der Waals surface area contributed by atoms with Crippen LogP contribution in [0.4, 0.5) is 5.69 Å². The zero-order valence-electron chi connectivity index (χ0n) is 24.9. The molecule has 43 heavy (non-hydrogen) atoms. The van der Waals surface area contributed by atoms with Crippen LogP contribution in [0.2, 0.25) is 10.0 Å². The number of rotatable bonds is 11. The van der Waals surface area contributed by atoms with Gasteiger partial charge in [-0.1, -0.05) is 79.7 Å². The summed E-state index contributed by atoms with van der Waals surface area (Å²) in [5, 5.41) is 3.86. The van der Waals surface area contributed by atoms with Gasteiger partial charge in [0.25, 0.3) is 10.0 Å². The maximum atomic E-state index is 14.3. The Bertz CT molecular complexity index is 1520. The first-order chi connectivity index (χ1) is 20.5. The first-order valence-electron chi connectivity index (χ1n) is 14.7. The molecule has 0 saturated heterocycles. The van der Waals surface area contributed by atoms with Crippen molar-refractivity contribution in [3.05, 3.63) is 93.5 Å². The van der Waals surface area contributed by atoms with Crippen molar-refractivity contribution in [3.8, 4) is 0 Å². The molecule has 230 valence electrons. The summed E-state index contributed by atoms with van der Waals surface area (Å²) in [5.41, 5.74) is 2.73. The highest BCUT2D eigenvalue weighted by atomic mass is 35.5. The Kier molecular flexibility index (Phi) is 11.2. The van der Waals surface area contributed by atoms with Crippen molar-refractivity contribution in [2.75, 3.05) is 10.8 Å². The minimum Gasteiger partial charge on any atom is -0.352 e. The van der Waals surface area contributed by atoms with E-state index in [-0.39, 0.29) is 23.4 Å². The van der Waals surface area contributed by atoms with Crippen molar-refractivity contribution in [2.45, 2.75) is 82.8 Å². The van der Waals surface area contributed by atoms with E-state index in [1.165, 1.54) is 17.0 Å².